The Balaban J connectivity index is 0. The van der Waals surface area contributed by atoms with Crippen LogP contribution in [0.25, 0.3) is 0 Å². The lowest BCUT2D eigenvalue weighted by Crippen LogP contribution is -2.08. The van der Waals surface area contributed by atoms with E-state index in [1.165, 1.54) is 0 Å². The summed E-state index contributed by atoms with van der Waals surface area (Å²) < 4.78 is 5.15. The molecule has 0 spiro atoms. The Labute approximate surface area is 113 Å². The van der Waals surface area contributed by atoms with Crippen molar-refractivity contribution in [3.8, 4) is 0 Å². The fraction of sp³-hybridized carbons (Fsp3) is 0.833. The van der Waals surface area contributed by atoms with Crippen LogP contribution in [0.2, 0.25) is 0 Å². The first-order valence-electron chi connectivity index (χ1n) is 6.46. The van der Waals surface area contributed by atoms with Crippen LogP contribution < -0.4 is 11.5 Å². The third kappa shape index (κ3) is 26.4. The second-order valence-corrected chi connectivity index (χ2v) is 3.89. The Hall–Kier alpha value is -1.18. The van der Waals surface area contributed by atoms with Gasteiger partial charge in [0, 0.05) is 26.1 Å². The van der Waals surface area contributed by atoms with Gasteiger partial charge in [0.15, 0.2) is 0 Å². The van der Waals surface area contributed by atoms with Gasteiger partial charge in [0.2, 0.25) is 0 Å². The topological polar surface area (TPSA) is 136 Å². The number of rotatable bonds is 11. The molecule has 0 aromatic rings. The van der Waals surface area contributed by atoms with Gasteiger partial charge in [-0.05, 0) is 38.8 Å². The molecule has 0 bridgehead atoms. The fourth-order valence-electron chi connectivity index (χ4n) is 1.03. The number of nitrogens with two attached hydrogens (primary N) is 2. The van der Waals surface area contributed by atoms with Crippen LogP contribution in [0.3, 0.4) is 0 Å². The minimum atomic E-state index is -0.870. The zero-order valence-electron chi connectivity index (χ0n) is 11.3. The van der Waals surface area contributed by atoms with E-state index < -0.39 is 11.9 Å². The third-order valence-electron chi connectivity index (χ3n) is 2.02. The number of carboxylic acids is 2. The lowest BCUT2D eigenvalue weighted by molar-refractivity contribution is -0.139. The first-order valence-corrected chi connectivity index (χ1v) is 6.46. The quantitative estimate of drug-likeness (QED) is 0.402. The highest BCUT2D eigenvalue weighted by atomic mass is 16.5. The number of hydrogen-bond acceptors (Lipinski definition) is 5. The number of hydrogen-bond donors (Lipinski definition) is 4. The van der Waals surface area contributed by atoms with Gasteiger partial charge < -0.3 is 26.4 Å². The maximum atomic E-state index is 9.90. The Morgan fingerprint density at radius 2 is 1.16 bits per heavy atom. The highest BCUT2D eigenvalue weighted by Crippen LogP contribution is 1.98. The average molecular weight is 278 g/mol. The largest absolute Gasteiger partial charge is 0.481 e. The summed E-state index contributed by atoms with van der Waals surface area (Å²) in [5.74, 6) is -1.74. The maximum absolute atomic E-state index is 9.90. The maximum Gasteiger partial charge on any atom is 0.303 e. The monoisotopic (exact) mass is 278 g/mol. The summed E-state index contributed by atoms with van der Waals surface area (Å²) in [4.78, 5) is 19.8. The molecule has 0 aliphatic rings. The molecule has 0 saturated heterocycles. The number of ether oxygens (including phenoxy) is 1. The van der Waals surface area contributed by atoms with Gasteiger partial charge in [0.1, 0.15) is 0 Å². The van der Waals surface area contributed by atoms with E-state index in [1.54, 1.807) is 0 Å². The number of aliphatic carboxylic acids is 2. The van der Waals surface area contributed by atoms with Crippen LogP contribution >= 0.6 is 0 Å². The fourth-order valence-corrected chi connectivity index (χ4v) is 1.03. The molecule has 0 fully saturated rings. The van der Waals surface area contributed by atoms with E-state index in [0.29, 0.717) is 25.9 Å². The zero-order chi connectivity index (χ0) is 14.9. The molecular formula is C12H26N2O5. The van der Waals surface area contributed by atoms with Gasteiger partial charge in [-0.3, -0.25) is 9.59 Å². The van der Waals surface area contributed by atoms with Crippen molar-refractivity contribution < 1.29 is 24.5 Å². The van der Waals surface area contributed by atoms with E-state index >= 15 is 0 Å². The van der Waals surface area contributed by atoms with E-state index in [1.807, 2.05) is 0 Å². The molecule has 0 amide bonds. The molecular weight excluding hydrogens is 252 g/mol. The Morgan fingerprint density at radius 3 is 1.42 bits per heavy atom. The van der Waals surface area contributed by atoms with Gasteiger partial charge in [-0.15, -0.1) is 0 Å². The Bertz CT molecular complexity index is 202. The lowest BCUT2D eigenvalue weighted by atomic mass is 10.2. The number of unbranched alkanes of at least 4 members (excludes halogenated alkanes) is 1. The molecule has 0 aromatic carbocycles. The summed E-state index contributed by atoms with van der Waals surface area (Å²) in [6, 6.07) is 0. The van der Waals surface area contributed by atoms with Gasteiger partial charge in [-0.2, -0.15) is 0 Å². The molecule has 0 rings (SSSR count). The van der Waals surface area contributed by atoms with Crippen LogP contribution in [-0.2, 0) is 14.3 Å². The summed E-state index contributed by atoms with van der Waals surface area (Å²) in [7, 11) is 0. The highest BCUT2D eigenvalue weighted by Gasteiger charge is 1.99. The van der Waals surface area contributed by atoms with Crippen LogP contribution in [0.4, 0.5) is 0 Å². The van der Waals surface area contributed by atoms with Crippen molar-refractivity contribution in [3.63, 3.8) is 0 Å². The van der Waals surface area contributed by atoms with Gasteiger partial charge in [-0.25, -0.2) is 0 Å². The molecule has 0 radical (unpaired) electrons. The predicted molar refractivity (Wildman–Crippen MR) is 71.9 cm³/mol. The van der Waals surface area contributed by atoms with Gasteiger partial charge in [0.05, 0.1) is 0 Å². The van der Waals surface area contributed by atoms with Crippen LogP contribution in [0.1, 0.15) is 38.5 Å². The van der Waals surface area contributed by atoms with Crippen molar-refractivity contribution in [1.29, 1.82) is 0 Å². The van der Waals surface area contributed by atoms with Crippen molar-refractivity contribution >= 4 is 11.9 Å². The smallest absolute Gasteiger partial charge is 0.303 e. The van der Waals surface area contributed by atoms with E-state index in [9.17, 15) is 9.59 Å². The predicted octanol–water partition coefficient (Wildman–Crippen LogP) is 0.417. The van der Waals surface area contributed by atoms with Crippen LogP contribution in [0.5, 0.6) is 0 Å². The third-order valence-corrected chi connectivity index (χ3v) is 2.02. The average Bonchev–Trinajstić information content (AvgIpc) is 2.35. The van der Waals surface area contributed by atoms with Crippen LogP contribution in [0.15, 0.2) is 0 Å². The van der Waals surface area contributed by atoms with Crippen LogP contribution in [0, 0.1) is 0 Å². The first-order chi connectivity index (χ1) is 9.04. The standard InChI is InChI=1S/C6H16N2O.C6H10O4/c7-3-1-5-9-6-2-4-8;7-5(8)3-1-2-4-6(9)10/h1-8H2;1-4H2,(H,7,8)(H,9,10). The molecule has 0 heterocycles. The molecule has 0 aromatic heterocycles. The molecule has 114 valence electrons. The minimum Gasteiger partial charge on any atom is -0.481 e. The summed E-state index contributed by atoms with van der Waals surface area (Å²) in [6.45, 7) is 2.97. The lowest BCUT2D eigenvalue weighted by Gasteiger charge is -1.99. The molecule has 7 nitrogen and oxygen atoms in total. The molecule has 0 aliphatic carbocycles. The van der Waals surface area contributed by atoms with Crippen molar-refractivity contribution in [3.05, 3.63) is 0 Å². The second-order valence-electron chi connectivity index (χ2n) is 3.89. The summed E-state index contributed by atoms with van der Waals surface area (Å²) in [5, 5.41) is 16.3. The van der Waals surface area contributed by atoms with Crippen molar-refractivity contribution in [2.45, 2.75) is 38.5 Å². The van der Waals surface area contributed by atoms with Crippen molar-refractivity contribution in [1.82, 2.24) is 0 Å². The Kier molecular flexibility index (Phi) is 17.8. The van der Waals surface area contributed by atoms with Crippen molar-refractivity contribution in [2.24, 2.45) is 11.5 Å². The molecule has 6 N–H and O–H groups in total. The zero-order valence-corrected chi connectivity index (χ0v) is 11.3. The Morgan fingerprint density at radius 1 is 0.789 bits per heavy atom. The van der Waals surface area contributed by atoms with Gasteiger partial charge in [-0.1, -0.05) is 0 Å². The van der Waals surface area contributed by atoms with E-state index in [0.717, 1.165) is 26.1 Å². The normalized spacial score (nSPS) is 9.58. The first kappa shape index (κ1) is 20.1. The molecule has 0 atom stereocenters. The summed E-state index contributed by atoms with van der Waals surface area (Å²) in [6.07, 6.45) is 2.92. The van der Waals surface area contributed by atoms with E-state index in [4.69, 9.17) is 26.4 Å². The molecule has 19 heavy (non-hydrogen) atoms. The second kappa shape index (κ2) is 16.8. The number of carbonyl (C=O) groups is 2. The summed E-state index contributed by atoms with van der Waals surface area (Å²) >= 11 is 0. The van der Waals surface area contributed by atoms with Crippen LogP contribution in [-0.4, -0.2) is 48.5 Å². The van der Waals surface area contributed by atoms with E-state index in [2.05, 4.69) is 0 Å². The molecule has 7 heteroatoms. The minimum absolute atomic E-state index is 0.0628. The van der Waals surface area contributed by atoms with Gasteiger partial charge >= 0.3 is 11.9 Å². The number of carboxylic acid groups (broad SMARTS) is 2. The van der Waals surface area contributed by atoms with Gasteiger partial charge in [0.25, 0.3) is 0 Å². The highest BCUT2D eigenvalue weighted by molar-refractivity contribution is 5.67. The summed E-state index contributed by atoms with van der Waals surface area (Å²) in [5.41, 5.74) is 10.5. The molecule has 0 aliphatic heterocycles. The van der Waals surface area contributed by atoms with Crippen molar-refractivity contribution in [2.75, 3.05) is 26.3 Å². The molecule has 0 unspecified atom stereocenters. The van der Waals surface area contributed by atoms with E-state index in [-0.39, 0.29) is 12.8 Å². The SMILES string of the molecule is NCCCOCCCN.O=C(O)CCCCC(=O)O. The molecule has 0 saturated carbocycles.